The third-order valence-corrected chi connectivity index (χ3v) is 5.78. The molecule has 2 saturated heterocycles. The van der Waals surface area contributed by atoms with Gasteiger partial charge in [-0.15, -0.1) is 0 Å². The zero-order chi connectivity index (χ0) is 21.5. The van der Waals surface area contributed by atoms with Gasteiger partial charge in [0.05, 0.1) is 36.3 Å². The van der Waals surface area contributed by atoms with Gasteiger partial charge in [-0.1, -0.05) is 0 Å². The Balaban J connectivity index is 1.60. The molecule has 0 radical (unpaired) electrons. The Morgan fingerprint density at radius 3 is 2.90 bits per heavy atom. The number of nitrogens with one attached hydrogen (secondary N) is 2. The van der Waals surface area contributed by atoms with Gasteiger partial charge in [-0.05, 0) is 46.0 Å². The number of likely N-dealkylation sites (tertiary alicyclic amines) is 1. The normalized spacial score (nSPS) is 20.3. The number of nitrogens with zero attached hydrogens (tertiary/aromatic N) is 6. The molecule has 2 aliphatic heterocycles. The smallest absolute Gasteiger partial charge is 0.148 e. The lowest BCUT2D eigenvalue weighted by atomic mass is 10.1. The summed E-state index contributed by atoms with van der Waals surface area (Å²) in [4.78, 5) is 16.0. The van der Waals surface area contributed by atoms with E-state index in [4.69, 9.17) is 9.72 Å². The van der Waals surface area contributed by atoms with Crippen LogP contribution in [0.4, 0.5) is 5.82 Å². The number of rotatable bonds is 5. The van der Waals surface area contributed by atoms with Crippen LogP contribution in [0.5, 0.6) is 0 Å². The summed E-state index contributed by atoms with van der Waals surface area (Å²) in [5, 5.41) is 11.4. The van der Waals surface area contributed by atoms with E-state index in [2.05, 4.69) is 48.5 Å². The molecule has 31 heavy (non-hydrogen) atoms. The van der Waals surface area contributed by atoms with Crippen LogP contribution in [0.3, 0.4) is 0 Å². The standard InChI is InChI=1S/C22H32N8O/c1-17-22(26-15-20-14-24-9-12-31-20)28-21(3-6-23-7-8-25-17)18-13-27-30(16-18)19-4-10-29(2)11-5-19/h3,6-8,13,16,19-20,24H,4-5,9-12,14-15H2,1-2H3,(H,26,28)/t20-/m0/s1. The average Bonchev–Trinajstić information content (AvgIpc) is 3.28. The van der Waals surface area contributed by atoms with Crippen LogP contribution in [-0.4, -0.2) is 82.1 Å². The number of morpholine rings is 1. The van der Waals surface area contributed by atoms with Crippen LogP contribution >= 0.6 is 0 Å². The van der Waals surface area contributed by atoms with E-state index in [0.29, 0.717) is 12.6 Å². The molecule has 0 bridgehead atoms. The predicted molar refractivity (Wildman–Crippen MR) is 120 cm³/mol. The molecular weight excluding hydrogens is 392 g/mol. The Morgan fingerprint density at radius 2 is 2.10 bits per heavy atom. The number of piperidine rings is 1. The maximum Gasteiger partial charge on any atom is 0.148 e. The van der Waals surface area contributed by atoms with Crippen LogP contribution in [0.25, 0.3) is 11.3 Å². The first-order valence-corrected chi connectivity index (χ1v) is 11.0. The summed E-state index contributed by atoms with van der Waals surface area (Å²) in [6, 6.07) is 2.35. The topological polar surface area (TPSA) is 93.0 Å². The quantitative estimate of drug-likeness (QED) is 0.751. The van der Waals surface area contributed by atoms with Gasteiger partial charge in [-0.3, -0.25) is 14.6 Å². The highest BCUT2D eigenvalue weighted by molar-refractivity contribution is 5.58. The fraction of sp³-hybridized carbons (Fsp3) is 0.545. The van der Waals surface area contributed by atoms with Crippen molar-refractivity contribution in [1.29, 1.82) is 0 Å². The van der Waals surface area contributed by atoms with Crippen molar-refractivity contribution >= 4 is 5.82 Å². The van der Waals surface area contributed by atoms with Crippen LogP contribution in [0, 0.1) is 6.92 Å². The predicted octanol–water partition coefficient (Wildman–Crippen LogP) is 1.83. The molecule has 2 aliphatic rings. The monoisotopic (exact) mass is 424 g/mol. The van der Waals surface area contributed by atoms with Crippen LogP contribution in [0.15, 0.2) is 37.1 Å². The van der Waals surface area contributed by atoms with E-state index >= 15 is 0 Å². The van der Waals surface area contributed by atoms with Gasteiger partial charge in [0.25, 0.3) is 0 Å². The zero-order valence-corrected chi connectivity index (χ0v) is 18.4. The minimum atomic E-state index is 0.108. The Labute approximate surface area is 183 Å². The molecule has 4 heterocycles. The Bertz CT molecular complexity index is 902. The number of ether oxygens (including phenoxy) is 1. The van der Waals surface area contributed by atoms with Crippen molar-refractivity contribution in [2.45, 2.75) is 31.9 Å². The second-order valence-corrected chi connectivity index (χ2v) is 8.14. The fourth-order valence-corrected chi connectivity index (χ4v) is 3.87. The molecule has 2 N–H and O–H groups in total. The van der Waals surface area contributed by atoms with Gasteiger partial charge in [-0.25, -0.2) is 4.98 Å². The summed E-state index contributed by atoms with van der Waals surface area (Å²) >= 11 is 0. The largest absolute Gasteiger partial charge is 0.374 e. The third-order valence-electron chi connectivity index (χ3n) is 5.78. The molecule has 0 saturated carbocycles. The van der Waals surface area contributed by atoms with Gasteiger partial charge in [0.15, 0.2) is 0 Å². The minimum Gasteiger partial charge on any atom is -0.374 e. The van der Waals surface area contributed by atoms with E-state index in [1.54, 1.807) is 18.6 Å². The first-order valence-electron chi connectivity index (χ1n) is 11.0. The molecule has 2 aromatic rings. The Kier molecular flexibility index (Phi) is 7.39. The van der Waals surface area contributed by atoms with Gasteiger partial charge in [0.2, 0.25) is 0 Å². The van der Waals surface area contributed by atoms with Gasteiger partial charge in [0, 0.05) is 50.0 Å². The summed E-state index contributed by atoms with van der Waals surface area (Å²) < 4.78 is 7.90. The highest BCUT2D eigenvalue weighted by Gasteiger charge is 2.19. The van der Waals surface area contributed by atoms with Crippen molar-refractivity contribution in [3.8, 4) is 11.3 Å². The van der Waals surface area contributed by atoms with Gasteiger partial charge in [0.1, 0.15) is 5.82 Å². The number of aryl methyl sites for hydroxylation is 1. The van der Waals surface area contributed by atoms with E-state index in [0.717, 1.165) is 68.4 Å². The van der Waals surface area contributed by atoms with Crippen LogP contribution in [-0.2, 0) is 4.74 Å². The van der Waals surface area contributed by atoms with Crippen molar-refractivity contribution in [3.63, 3.8) is 0 Å². The van der Waals surface area contributed by atoms with Crippen molar-refractivity contribution < 1.29 is 4.74 Å². The van der Waals surface area contributed by atoms with E-state index in [1.165, 1.54) is 0 Å². The second-order valence-electron chi connectivity index (χ2n) is 8.14. The van der Waals surface area contributed by atoms with Crippen molar-refractivity contribution in [2.24, 2.45) is 0 Å². The van der Waals surface area contributed by atoms with E-state index in [-0.39, 0.29) is 6.10 Å². The molecule has 2 fully saturated rings. The molecule has 4 rings (SSSR count). The van der Waals surface area contributed by atoms with E-state index in [9.17, 15) is 0 Å². The molecule has 0 unspecified atom stereocenters. The van der Waals surface area contributed by atoms with Gasteiger partial charge in [-0.2, -0.15) is 5.10 Å². The number of hydrogen-bond acceptors (Lipinski definition) is 8. The molecular formula is C22H32N8O. The van der Waals surface area contributed by atoms with Crippen molar-refractivity contribution in [1.82, 2.24) is 34.9 Å². The highest BCUT2D eigenvalue weighted by atomic mass is 16.5. The molecule has 2 aromatic heterocycles. The molecule has 0 amide bonds. The van der Waals surface area contributed by atoms with Crippen LogP contribution in [0.1, 0.15) is 24.6 Å². The second kappa shape index (κ2) is 10.6. The molecule has 9 heteroatoms. The lowest BCUT2D eigenvalue weighted by molar-refractivity contribution is 0.0372. The number of aromatic nitrogens is 5. The van der Waals surface area contributed by atoms with E-state index in [1.807, 2.05) is 19.2 Å². The maximum absolute atomic E-state index is 5.81. The molecule has 9 nitrogen and oxygen atoms in total. The fourth-order valence-electron chi connectivity index (χ4n) is 3.87. The summed E-state index contributed by atoms with van der Waals surface area (Å²) in [5.74, 6) is 0.729. The Hall–Kier alpha value is -2.62. The van der Waals surface area contributed by atoms with Crippen molar-refractivity contribution in [3.05, 3.63) is 42.7 Å². The first kappa shape index (κ1) is 21.6. The number of anilines is 1. The lowest BCUT2D eigenvalue weighted by Crippen LogP contribution is -2.42. The zero-order valence-electron chi connectivity index (χ0n) is 18.4. The van der Waals surface area contributed by atoms with Crippen LogP contribution < -0.4 is 10.6 Å². The lowest BCUT2D eigenvalue weighted by Gasteiger charge is -2.28. The summed E-state index contributed by atoms with van der Waals surface area (Å²) in [5.41, 5.74) is 2.57. The summed E-state index contributed by atoms with van der Waals surface area (Å²) in [6.45, 7) is 7.26. The molecule has 1 atom stereocenters. The highest BCUT2D eigenvalue weighted by Crippen LogP contribution is 2.24. The Morgan fingerprint density at radius 1 is 1.23 bits per heavy atom. The third kappa shape index (κ3) is 5.96. The SMILES string of the molecule is Cc1nccnccc(-c2cnn(C3CCN(C)CC3)c2)nc1NC[C@@H]1CNCCO1. The molecule has 0 aromatic carbocycles. The summed E-state index contributed by atoms with van der Waals surface area (Å²) in [6.07, 6.45) is 11.4. The summed E-state index contributed by atoms with van der Waals surface area (Å²) in [7, 11) is 2.17. The van der Waals surface area contributed by atoms with Crippen molar-refractivity contribution in [2.75, 3.05) is 51.7 Å². The molecule has 0 spiro atoms. The van der Waals surface area contributed by atoms with Gasteiger partial charge >= 0.3 is 0 Å². The van der Waals surface area contributed by atoms with Crippen LogP contribution in [0.2, 0.25) is 0 Å². The molecule has 0 aliphatic carbocycles. The number of hydrogen-bond donors (Lipinski definition) is 2. The minimum absolute atomic E-state index is 0.108. The average molecular weight is 425 g/mol. The maximum atomic E-state index is 5.81. The first-order chi connectivity index (χ1) is 15.2. The molecule has 166 valence electrons. The van der Waals surface area contributed by atoms with E-state index < -0.39 is 0 Å². The van der Waals surface area contributed by atoms with Gasteiger partial charge < -0.3 is 20.3 Å².